The summed E-state index contributed by atoms with van der Waals surface area (Å²) in [5.74, 6) is 1.06. The van der Waals surface area contributed by atoms with Gasteiger partial charge >= 0.3 is 0 Å². The first-order valence-corrected chi connectivity index (χ1v) is 9.95. The molecule has 136 valence electrons. The van der Waals surface area contributed by atoms with Crippen LogP contribution in [-0.4, -0.2) is 6.61 Å². The zero-order chi connectivity index (χ0) is 18.1. The van der Waals surface area contributed by atoms with Gasteiger partial charge < -0.3 is 4.74 Å². The van der Waals surface area contributed by atoms with Crippen LogP contribution in [0.4, 0.5) is 0 Å². The summed E-state index contributed by atoms with van der Waals surface area (Å²) in [5.41, 5.74) is 6.96. The van der Waals surface area contributed by atoms with Crippen LogP contribution < -0.4 is 4.74 Å². The van der Waals surface area contributed by atoms with E-state index in [9.17, 15) is 0 Å². The maximum Gasteiger partial charge on any atom is 0.122 e. The number of benzene rings is 2. The van der Waals surface area contributed by atoms with Crippen molar-refractivity contribution in [3.63, 3.8) is 0 Å². The summed E-state index contributed by atoms with van der Waals surface area (Å²) in [6.45, 7) is 9.70. The highest BCUT2D eigenvalue weighted by molar-refractivity contribution is 5.44. The van der Waals surface area contributed by atoms with Crippen molar-refractivity contribution in [3.8, 4) is 5.75 Å². The molecule has 0 amide bonds. The van der Waals surface area contributed by atoms with Crippen LogP contribution in [0.5, 0.6) is 5.75 Å². The highest BCUT2D eigenvalue weighted by Gasteiger charge is 2.08. The van der Waals surface area contributed by atoms with Gasteiger partial charge in [0.25, 0.3) is 0 Å². The SMILES string of the molecule is CCCCCCOc1ccc(CCc2ccc(CC)cc2)c(C)c1C. The third kappa shape index (κ3) is 5.92. The molecule has 0 spiro atoms. The first-order chi connectivity index (χ1) is 12.2. The first-order valence-electron chi connectivity index (χ1n) is 9.95. The third-order valence-corrected chi connectivity index (χ3v) is 5.22. The van der Waals surface area contributed by atoms with Gasteiger partial charge in [-0.1, -0.05) is 63.4 Å². The van der Waals surface area contributed by atoms with E-state index in [1.54, 1.807) is 0 Å². The van der Waals surface area contributed by atoms with Crippen LogP contribution in [0.2, 0.25) is 0 Å². The van der Waals surface area contributed by atoms with Crippen LogP contribution in [-0.2, 0) is 19.3 Å². The molecule has 0 aliphatic carbocycles. The van der Waals surface area contributed by atoms with Crippen molar-refractivity contribution in [2.75, 3.05) is 6.61 Å². The minimum absolute atomic E-state index is 0.837. The molecule has 0 bridgehead atoms. The smallest absolute Gasteiger partial charge is 0.122 e. The van der Waals surface area contributed by atoms with E-state index < -0.39 is 0 Å². The predicted octanol–water partition coefficient (Wildman–Crippen LogP) is 6.61. The van der Waals surface area contributed by atoms with E-state index in [4.69, 9.17) is 4.74 Å². The lowest BCUT2D eigenvalue weighted by atomic mass is 9.96. The summed E-state index contributed by atoms with van der Waals surface area (Å²) in [5, 5.41) is 0. The summed E-state index contributed by atoms with van der Waals surface area (Å²) < 4.78 is 6.01. The van der Waals surface area contributed by atoms with E-state index in [0.717, 1.165) is 38.0 Å². The van der Waals surface area contributed by atoms with Crippen LogP contribution in [0.15, 0.2) is 36.4 Å². The Morgan fingerprint density at radius 1 is 0.720 bits per heavy atom. The Hall–Kier alpha value is -1.76. The first kappa shape index (κ1) is 19.6. The molecule has 0 aliphatic heterocycles. The van der Waals surface area contributed by atoms with Gasteiger partial charge in [-0.2, -0.15) is 0 Å². The number of aryl methyl sites for hydroxylation is 3. The van der Waals surface area contributed by atoms with Gasteiger partial charge in [0.15, 0.2) is 0 Å². The van der Waals surface area contributed by atoms with Gasteiger partial charge in [-0.15, -0.1) is 0 Å². The molecule has 0 unspecified atom stereocenters. The van der Waals surface area contributed by atoms with Gasteiger partial charge in [0.2, 0.25) is 0 Å². The van der Waals surface area contributed by atoms with Gasteiger partial charge in [0.05, 0.1) is 6.61 Å². The fraction of sp³-hybridized carbons (Fsp3) is 0.500. The Morgan fingerprint density at radius 2 is 1.44 bits per heavy atom. The van der Waals surface area contributed by atoms with Gasteiger partial charge in [-0.25, -0.2) is 0 Å². The maximum atomic E-state index is 6.01. The molecule has 2 rings (SSSR count). The number of hydrogen-bond donors (Lipinski definition) is 0. The molecule has 0 aliphatic rings. The Labute approximate surface area is 154 Å². The van der Waals surface area contributed by atoms with E-state index in [1.165, 1.54) is 47.1 Å². The minimum Gasteiger partial charge on any atom is -0.493 e. The summed E-state index contributed by atoms with van der Waals surface area (Å²) in [6, 6.07) is 13.5. The number of unbranched alkanes of at least 4 members (excludes halogenated alkanes) is 3. The molecule has 0 N–H and O–H groups in total. The summed E-state index contributed by atoms with van der Waals surface area (Å²) in [6.07, 6.45) is 8.30. The second-order valence-corrected chi connectivity index (χ2v) is 7.05. The number of hydrogen-bond acceptors (Lipinski definition) is 1. The van der Waals surface area contributed by atoms with Gasteiger partial charge in [-0.3, -0.25) is 0 Å². The van der Waals surface area contributed by atoms with E-state index in [2.05, 4.69) is 64.1 Å². The number of rotatable bonds is 10. The lowest BCUT2D eigenvalue weighted by molar-refractivity contribution is 0.303. The Bertz CT molecular complexity index is 640. The molecule has 1 heteroatoms. The average Bonchev–Trinajstić information content (AvgIpc) is 2.64. The van der Waals surface area contributed by atoms with Crippen LogP contribution in [0.1, 0.15) is 67.3 Å². The summed E-state index contributed by atoms with van der Waals surface area (Å²) in [4.78, 5) is 0. The molecule has 0 fully saturated rings. The second kappa shape index (κ2) is 10.3. The van der Waals surface area contributed by atoms with Gasteiger partial charge in [0, 0.05) is 0 Å². The lowest BCUT2D eigenvalue weighted by Crippen LogP contribution is -2.02. The Morgan fingerprint density at radius 3 is 2.12 bits per heavy atom. The van der Waals surface area contributed by atoms with Crippen molar-refractivity contribution in [1.82, 2.24) is 0 Å². The van der Waals surface area contributed by atoms with Crippen LogP contribution in [0.25, 0.3) is 0 Å². The fourth-order valence-electron chi connectivity index (χ4n) is 3.21. The fourth-order valence-corrected chi connectivity index (χ4v) is 3.21. The largest absolute Gasteiger partial charge is 0.493 e. The minimum atomic E-state index is 0.837. The lowest BCUT2D eigenvalue weighted by Gasteiger charge is -2.15. The molecule has 0 radical (unpaired) electrons. The van der Waals surface area contributed by atoms with E-state index in [0.29, 0.717) is 0 Å². The summed E-state index contributed by atoms with van der Waals surface area (Å²) in [7, 11) is 0. The summed E-state index contributed by atoms with van der Waals surface area (Å²) >= 11 is 0. The maximum absolute atomic E-state index is 6.01. The zero-order valence-electron chi connectivity index (χ0n) is 16.5. The molecule has 2 aromatic rings. The molecule has 0 saturated carbocycles. The molecule has 1 nitrogen and oxygen atoms in total. The second-order valence-electron chi connectivity index (χ2n) is 7.05. The van der Waals surface area contributed by atoms with Crippen LogP contribution in [0, 0.1) is 13.8 Å². The predicted molar refractivity (Wildman–Crippen MR) is 109 cm³/mol. The molecule has 2 aromatic carbocycles. The Kier molecular flexibility index (Phi) is 8.04. The topological polar surface area (TPSA) is 9.23 Å². The molecular weight excluding hydrogens is 304 g/mol. The molecular formula is C24H34O. The molecule has 0 aromatic heterocycles. The third-order valence-electron chi connectivity index (χ3n) is 5.22. The van der Waals surface area contributed by atoms with Crippen molar-refractivity contribution < 1.29 is 4.74 Å². The Balaban J connectivity index is 1.91. The van der Waals surface area contributed by atoms with Crippen molar-refractivity contribution in [2.24, 2.45) is 0 Å². The average molecular weight is 339 g/mol. The van der Waals surface area contributed by atoms with Crippen LogP contribution >= 0.6 is 0 Å². The molecule has 0 heterocycles. The van der Waals surface area contributed by atoms with Gasteiger partial charge in [-0.05, 0) is 73.4 Å². The normalized spacial score (nSPS) is 10.9. The van der Waals surface area contributed by atoms with Crippen molar-refractivity contribution in [3.05, 3.63) is 64.2 Å². The van der Waals surface area contributed by atoms with Crippen molar-refractivity contribution in [1.29, 1.82) is 0 Å². The van der Waals surface area contributed by atoms with E-state index in [-0.39, 0.29) is 0 Å². The molecule has 0 atom stereocenters. The van der Waals surface area contributed by atoms with Crippen molar-refractivity contribution in [2.45, 2.75) is 72.6 Å². The zero-order valence-corrected chi connectivity index (χ0v) is 16.5. The quantitative estimate of drug-likeness (QED) is 0.443. The standard InChI is InChI=1S/C24H34O/c1-5-7-8-9-18-25-24-17-16-23(19(3)20(24)4)15-14-22-12-10-21(6-2)11-13-22/h10-13,16-17H,5-9,14-15,18H2,1-4H3. The highest BCUT2D eigenvalue weighted by atomic mass is 16.5. The van der Waals surface area contributed by atoms with Gasteiger partial charge in [0.1, 0.15) is 5.75 Å². The molecule has 25 heavy (non-hydrogen) atoms. The van der Waals surface area contributed by atoms with E-state index >= 15 is 0 Å². The highest BCUT2D eigenvalue weighted by Crippen LogP contribution is 2.25. The molecule has 0 saturated heterocycles. The van der Waals surface area contributed by atoms with Crippen molar-refractivity contribution >= 4 is 0 Å². The number of ether oxygens (including phenoxy) is 1. The monoisotopic (exact) mass is 338 g/mol. The van der Waals surface area contributed by atoms with E-state index in [1.807, 2.05) is 0 Å². The van der Waals surface area contributed by atoms with Crippen LogP contribution in [0.3, 0.4) is 0 Å².